The molecule has 1 aromatic carbocycles. The van der Waals surface area contributed by atoms with Crippen molar-refractivity contribution >= 4 is 27.3 Å². The molecule has 0 spiro atoms. The summed E-state index contributed by atoms with van der Waals surface area (Å²) in [6, 6.07) is 13.9. The van der Waals surface area contributed by atoms with E-state index in [1.54, 1.807) is 17.5 Å². The highest BCUT2D eigenvalue weighted by atomic mass is 32.2. The highest BCUT2D eigenvalue weighted by Gasteiger charge is 2.34. The number of hydrogen-bond donors (Lipinski definition) is 0. The molecule has 1 aromatic heterocycles. The molecule has 162 valence electrons. The van der Waals surface area contributed by atoms with Crippen LogP contribution in [-0.4, -0.2) is 67.7 Å². The highest BCUT2D eigenvalue weighted by Crippen LogP contribution is 2.27. The van der Waals surface area contributed by atoms with Crippen molar-refractivity contribution in [2.45, 2.75) is 30.0 Å². The first-order valence-corrected chi connectivity index (χ1v) is 12.9. The number of piperidine rings is 1. The average molecular weight is 448 g/mol. The molecule has 4 rings (SSSR count). The molecule has 2 saturated heterocycles. The van der Waals surface area contributed by atoms with Gasteiger partial charge in [0.25, 0.3) is 10.0 Å². The Balaban J connectivity index is 1.29. The lowest BCUT2D eigenvalue weighted by molar-refractivity contribution is -0.136. The number of carbonyl (C=O) groups is 1. The maximum absolute atomic E-state index is 13.1. The maximum Gasteiger partial charge on any atom is 0.252 e. The van der Waals surface area contributed by atoms with E-state index in [0.717, 1.165) is 39.1 Å². The predicted octanol–water partition coefficient (Wildman–Crippen LogP) is 2.88. The number of nitrogens with zero attached hydrogens (tertiary/aromatic N) is 3. The van der Waals surface area contributed by atoms with Crippen LogP contribution in [0, 0.1) is 5.92 Å². The summed E-state index contributed by atoms with van der Waals surface area (Å²) in [4.78, 5) is 17.5. The van der Waals surface area contributed by atoms with Crippen LogP contribution in [0.25, 0.3) is 0 Å². The summed E-state index contributed by atoms with van der Waals surface area (Å²) in [6.07, 6.45) is 2.19. The summed E-state index contributed by atoms with van der Waals surface area (Å²) in [6.45, 7) is 5.18. The first-order valence-electron chi connectivity index (χ1n) is 10.6. The fourth-order valence-electron chi connectivity index (χ4n) is 4.33. The van der Waals surface area contributed by atoms with E-state index in [-0.39, 0.29) is 11.8 Å². The number of thiophene rings is 1. The second kappa shape index (κ2) is 9.60. The van der Waals surface area contributed by atoms with E-state index in [4.69, 9.17) is 0 Å². The zero-order valence-corrected chi connectivity index (χ0v) is 18.8. The number of carbonyl (C=O) groups excluding carboxylic acids is 1. The molecule has 6 nitrogen and oxygen atoms in total. The molecule has 1 amide bonds. The van der Waals surface area contributed by atoms with Crippen molar-refractivity contribution in [2.75, 3.05) is 39.3 Å². The SMILES string of the molecule is O=C(C1CCN(S(=O)(=O)c2cccs2)CC1)N1CCCN(Cc2ccccc2)CC1. The first-order chi connectivity index (χ1) is 14.5. The second-order valence-electron chi connectivity index (χ2n) is 8.05. The highest BCUT2D eigenvalue weighted by molar-refractivity contribution is 7.91. The number of sulfonamides is 1. The fraction of sp³-hybridized carbons (Fsp3) is 0.500. The van der Waals surface area contributed by atoms with Crippen molar-refractivity contribution in [1.82, 2.24) is 14.1 Å². The average Bonchev–Trinajstić information content (AvgIpc) is 3.23. The Morgan fingerprint density at radius 1 is 0.933 bits per heavy atom. The van der Waals surface area contributed by atoms with Gasteiger partial charge in [0.15, 0.2) is 0 Å². The maximum atomic E-state index is 13.1. The Kier molecular flexibility index (Phi) is 6.87. The van der Waals surface area contributed by atoms with E-state index >= 15 is 0 Å². The van der Waals surface area contributed by atoms with Gasteiger partial charge in [-0.25, -0.2) is 8.42 Å². The van der Waals surface area contributed by atoms with E-state index in [9.17, 15) is 13.2 Å². The summed E-state index contributed by atoms with van der Waals surface area (Å²) >= 11 is 1.25. The summed E-state index contributed by atoms with van der Waals surface area (Å²) in [7, 11) is -3.42. The van der Waals surface area contributed by atoms with Crippen LogP contribution in [0.3, 0.4) is 0 Å². The van der Waals surface area contributed by atoms with Crippen molar-refractivity contribution in [3.8, 4) is 0 Å². The molecule has 0 bridgehead atoms. The Hall–Kier alpha value is -1.74. The molecule has 8 heteroatoms. The van der Waals surface area contributed by atoms with Crippen LogP contribution >= 0.6 is 11.3 Å². The first kappa shape index (κ1) is 21.5. The summed E-state index contributed by atoms with van der Waals surface area (Å²) in [5.41, 5.74) is 1.30. The van der Waals surface area contributed by atoms with Gasteiger partial charge in [0.1, 0.15) is 4.21 Å². The van der Waals surface area contributed by atoms with Crippen LogP contribution in [0.15, 0.2) is 52.1 Å². The minimum atomic E-state index is -3.42. The van der Waals surface area contributed by atoms with Crippen molar-refractivity contribution in [3.63, 3.8) is 0 Å². The Morgan fingerprint density at radius 3 is 2.40 bits per heavy atom. The summed E-state index contributed by atoms with van der Waals surface area (Å²) < 4.78 is 27.3. The van der Waals surface area contributed by atoms with Crippen molar-refractivity contribution in [2.24, 2.45) is 5.92 Å². The molecule has 0 saturated carbocycles. The van der Waals surface area contributed by atoms with E-state index in [1.807, 2.05) is 11.0 Å². The van der Waals surface area contributed by atoms with Gasteiger partial charge in [0.2, 0.25) is 5.91 Å². The number of benzene rings is 1. The quantitative estimate of drug-likeness (QED) is 0.707. The van der Waals surface area contributed by atoms with E-state index in [1.165, 1.54) is 21.2 Å². The van der Waals surface area contributed by atoms with Gasteiger partial charge in [0, 0.05) is 51.7 Å². The van der Waals surface area contributed by atoms with E-state index in [2.05, 4.69) is 29.2 Å². The molecule has 3 heterocycles. The lowest BCUT2D eigenvalue weighted by atomic mass is 9.96. The zero-order valence-electron chi connectivity index (χ0n) is 17.2. The molecule has 0 atom stereocenters. The molecule has 0 unspecified atom stereocenters. The van der Waals surface area contributed by atoms with E-state index in [0.29, 0.717) is 30.1 Å². The topological polar surface area (TPSA) is 60.9 Å². The molecule has 30 heavy (non-hydrogen) atoms. The lowest BCUT2D eigenvalue weighted by Crippen LogP contribution is -2.45. The molecule has 0 radical (unpaired) electrons. The summed E-state index contributed by atoms with van der Waals surface area (Å²) in [5.74, 6) is 0.130. The van der Waals surface area contributed by atoms with Gasteiger partial charge in [-0.2, -0.15) is 4.31 Å². The predicted molar refractivity (Wildman–Crippen MR) is 119 cm³/mol. The minimum Gasteiger partial charge on any atom is -0.341 e. The fourth-order valence-corrected chi connectivity index (χ4v) is 6.94. The number of hydrogen-bond acceptors (Lipinski definition) is 5. The van der Waals surface area contributed by atoms with Gasteiger partial charge in [-0.1, -0.05) is 36.4 Å². The van der Waals surface area contributed by atoms with Crippen molar-refractivity contribution < 1.29 is 13.2 Å². The van der Waals surface area contributed by atoms with Crippen LogP contribution in [0.2, 0.25) is 0 Å². The third-order valence-electron chi connectivity index (χ3n) is 6.04. The standard InChI is InChI=1S/C22H29N3O3S2/c26-22(20-9-13-25(14-10-20)30(27,28)21-8-4-17-29-21)24-12-5-11-23(15-16-24)18-19-6-2-1-3-7-19/h1-4,6-8,17,20H,5,9-16,18H2. The Bertz CT molecular complexity index is 924. The van der Waals surface area contributed by atoms with Gasteiger partial charge in [-0.3, -0.25) is 9.69 Å². The van der Waals surface area contributed by atoms with Crippen molar-refractivity contribution in [1.29, 1.82) is 0 Å². The van der Waals surface area contributed by atoms with Gasteiger partial charge in [-0.15, -0.1) is 11.3 Å². The van der Waals surface area contributed by atoms with Gasteiger partial charge < -0.3 is 4.90 Å². The normalized spacial score (nSPS) is 20.2. The lowest BCUT2D eigenvalue weighted by Gasteiger charge is -2.33. The Morgan fingerprint density at radius 2 is 1.70 bits per heavy atom. The largest absolute Gasteiger partial charge is 0.341 e. The van der Waals surface area contributed by atoms with Crippen LogP contribution in [-0.2, 0) is 21.4 Å². The molecular weight excluding hydrogens is 418 g/mol. The van der Waals surface area contributed by atoms with Crippen LogP contribution < -0.4 is 0 Å². The smallest absolute Gasteiger partial charge is 0.252 e. The minimum absolute atomic E-state index is 0.0690. The monoisotopic (exact) mass is 447 g/mol. The molecule has 0 N–H and O–H groups in total. The summed E-state index contributed by atoms with van der Waals surface area (Å²) in [5, 5.41) is 1.78. The molecule has 0 aliphatic carbocycles. The number of rotatable bonds is 5. The van der Waals surface area contributed by atoms with E-state index < -0.39 is 10.0 Å². The van der Waals surface area contributed by atoms with Gasteiger partial charge in [0.05, 0.1) is 0 Å². The van der Waals surface area contributed by atoms with Gasteiger partial charge in [-0.05, 0) is 36.3 Å². The van der Waals surface area contributed by atoms with Crippen LogP contribution in [0.5, 0.6) is 0 Å². The molecule has 2 aromatic rings. The number of amides is 1. The Labute approximate surface area is 183 Å². The van der Waals surface area contributed by atoms with Crippen LogP contribution in [0.4, 0.5) is 0 Å². The van der Waals surface area contributed by atoms with Crippen LogP contribution in [0.1, 0.15) is 24.8 Å². The molecule has 2 fully saturated rings. The third kappa shape index (κ3) is 4.94. The molecule has 2 aliphatic rings. The third-order valence-corrected chi connectivity index (χ3v) is 9.31. The van der Waals surface area contributed by atoms with Gasteiger partial charge >= 0.3 is 0 Å². The zero-order chi connectivity index (χ0) is 21.0. The van der Waals surface area contributed by atoms with Crippen molar-refractivity contribution in [3.05, 3.63) is 53.4 Å². The molecule has 2 aliphatic heterocycles. The second-order valence-corrected chi connectivity index (χ2v) is 11.2. The molecular formula is C22H29N3O3S2.